The van der Waals surface area contributed by atoms with E-state index in [1.54, 1.807) is 24.3 Å². The van der Waals surface area contributed by atoms with Gasteiger partial charge in [-0.3, -0.25) is 4.79 Å². The van der Waals surface area contributed by atoms with Crippen molar-refractivity contribution in [3.8, 4) is 5.88 Å². The van der Waals surface area contributed by atoms with Crippen LogP contribution in [-0.2, 0) is 0 Å². The van der Waals surface area contributed by atoms with E-state index in [4.69, 9.17) is 4.74 Å². The van der Waals surface area contributed by atoms with Crippen molar-refractivity contribution in [2.45, 2.75) is 0 Å². The number of carbonyl (C=O) groups excluding carboxylic acids is 1. The van der Waals surface area contributed by atoms with Crippen LogP contribution in [-0.4, -0.2) is 17.9 Å². The van der Waals surface area contributed by atoms with Crippen molar-refractivity contribution in [1.29, 1.82) is 0 Å². The van der Waals surface area contributed by atoms with E-state index < -0.39 is 5.82 Å². The molecule has 1 heterocycles. The highest BCUT2D eigenvalue weighted by Gasteiger charge is 2.04. The number of ether oxygens (including phenoxy) is 1. The fourth-order valence-electron chi connectivity index (χ4n) is 1.55. The Labute approximate surface area is 124 Å². The summed E-state index contributed by atoms with van der Waals surface area (Å²) in [5.41, 5.74) is 0.766. The maximum Gasteiger partial charge on any atom is 0.212 e. The van der Waals surface area contributed by atoms with Crippen LogP contribution in [0.1, 0.15) is 15.9 Å². The third kappa shape index (κ3) is 3.51. The number of hydrogen-bond acceptors (Lipinski definition) is 3. The van der Waals surface area contributed by atoms with Gasteiger partial charge in [0.15, 0.2) is 5.78 Å². The molecule has 2 aromatic rings. The minimum absolute atomic E-state index is 0.248. The van der Waals surface area contributed by atoms with E-state index in [1.807, 2.05) is 0 Å². The number of nitrogens with zero attached hydrogens (tertiary/aromatic N) is 1. The van der Waals surface area contributed by atoms with Crippen molar-refractivity contribution in [3.63, 3.8) is 0 Å². The first kappa shape index (κ1) is 14.4. The molecular formula is C15H11BrFNO2. The highest BCUT2D eigenvalue weighted by molar-refractivity contribution is 9.10. The molecule has 0 radical (unpaired) electrons. The predicted octanol–water partition coefficient (Wildman–Crippen LogP) is 3.89. The molecule has 0 fully saturated rings. The largest absolute Gasteiger partial charge is 0.481 e. The van der Waals surface area contributed by atoms with E-state index in [-0.39, 0.29) is 5.78 Å². The van der Waals surface area contributed by atoms with Gasteiger partial charge in [-0.05, 0) is 30.4 Å². The highest BCUT2D eigenvalue weighted by atomic mass is 79.9. The number of pyridine rings is 1. The fourth-order valence-corrected chi connectivity index (χ4v) is 1.88. The summed E-state index contributed by atoms with van der Waals surface area (Å²) in [5, 5.41) is 0. The third-order valence-corrected chi connectivity index (χ3v) is 3.10. The minimum atomic E-state index is -0.392. The van der Waals surface area contributed by atoms with Crippen LogP contribution < -0.4 is 4.74 Å². The molecular weight excluding hydrogens is 325 g/mol. The van der Waals surface area contributed by atoms with Gasteiger partial charge < -0.3 is 4.74 Å². The van der Waals surface area contributed by atoms with Gasteiger partial charge in [-0.1, -0.05) is 22.0 Å². The Kier molecular flexibility index (Phi) is 4.63. The lowest BCUT2D eigenvalue weighted by Crippen LogP contribution is -1.96. The molecule has 0 saturated heterocycles. The zero-order valence-electron chi connectivity index (χ0n) is 10.6. The predicted molar refractivity (Wildman–Crippen MR) is 78.3 cm³/mol. The molecule has 3 nitrogen and oxygen atoms in total. The standard InChI is InChI=1S/C15H11BrFNO2/c1-20-15-7-4-11(9-18-15)14(19)6-3-10-2-5-12(16)8-13(10)17/h2-9H,1H3. The molecule has 0 aliphatic carbocycles. The molecule has 1 aromatic heterocycles. The zero-order chi connectivity index (χ0) is 14.5. The summed E-state index contributed by atoms with van der Waals surface area (Å²) in [6, 6.07) is 7.86. The van der Waals surface area contributed by atoms with Gasteiger partial charge in [-0.15, -0.1) is 0 Å². The number of allylic oxidation sites excluding steroid dienone is 1. The quantitative estimate of drug-likeness (QED) is 0.628. The number of rotatable bonds is 4. The maximum atomic E-state index is 13.6. The molecule has 20 heavy (non-hydrogen) atoms. The molecule has 102 valence electrons. The van der Waals surface area contributed by atoms with Gasteiger partial charge in [0.25, 0.3) is 0 Å². The average molecular weight is 336 g/mol. The molecule has 0 unspecified atom stereocenters. The van der Waals surface area contributed by atoms with Gasteiger partial charge >= 0.3 is 0 Å². The van der Waals surface area contributed by atoms with Crippen molar-refractivity contribution in [3.05, 3.63) is 64.0 Å². The smallest absolute Gasteiger partial charge is 0.212 e. The number of ketones is 1. The van der Waals surface area contributed by atoms with Crippen molar-refractivity contribution < 1.29 is 13.9 Å². The van der Waals surface area contributed by atoms with Crippen LogP contribution in [0.25, 0.3) is 6.08 Å². The summed E-state index contributed by atoms with van der Waals surface area (Å²) in [6.45, 7) is 0. The maximum absolute atomic E-state index is 13.6. The summed E-state index contributed by atoms with van der Waals surface area (Å²) in [4.78, 5) is 15.8. The number of benzene rings is 1. The first-order valence-electron chi connectivity index (χ1n) is 5.77. The van der Waals surface area contributed by atoms with Crippen LogP contribution in [0, 0.1) is 5.82 Å². The van der Waals surface area contributed by atoms with Crippen molar-refractivity contribution in [2.24, 2.45) is 0 Å². The molecule has 1 aromatic carbocycles. The van der Waals surface area contributed by atoms with Crippen molar-refractivity contribution in [1.82, 2.24) is 4.98 Å². The topological polar surface area (TPSA) is 39.2 Å². The molecule has 0 N–H and O–H groups in total. The average Bonchev–Trinajstić information content (AvgIpc) is 2.46. The van der Waals surface area contributed by atoms with E-state index in [0.717, 1.165) is 0 Å². The summed E-state index contributed by atoms with van der Waals surface area (Å²) in [5.74, 6) is -0.205. The van der Waals surface area contributed by atoms with Crippen LogP contribution in [0.15, 0.2) is 47.1 Å². The number of methoxy groups -OCH3 is 1. The first-order chi connectivity index (χ1) is 9.60. The molecule has 0 bridgehead atoms. The van der Waals surface area contributed by atoms with Gasteiger partial charge in [0.1, 0.15) is 5.82 Å². The Morgan fingerprint density at radius 2 is 2.15 bits per heavy atom. The Morgan fingerprint density at radius 3 is 2.75 bits per heavy atom. The molecule has 0 aliphatic rings. The molecule has 0 spiro atoms. The second kappa shape index (κ2) is 6.43. The van der Waals surface area contributed by atoms with Crippen molar-refractivity contribution in [2.75, 3.05) is 7.11 Å². The van der Waals surface area contributed by atoms with Crippen LogP contribution in [0.4, 0.5) is 4.39 Å². The lowest BCUT2D eigenvalue weighted by molar-refractivity contribution is 0.104. The van der Waals surface area contributed by atoms with E-state index in [1.165, 1.54) is 31.5 Å². The van der Waals surface area contributed by atoms with Gasteiger partial charge in [-0.2, -0.15) is 0 Å². The number of halogens is 2. The molecule has 0 saturated carbocycles. The van der Waals surface area contributed by atoms with E-state index in [0.29, 0.717) is 21.5 Å². The van der Waals surface area contributed by atoms with Crippen LogP contribution >= 0.6 is 15.9 Å². The van der Waals surface area contributed by atoms with Gasteiger partial charge in [-0.25, -0.2) is 9.37 Å². The molecule has 0 aliphatic heterocycles. The molecule has 0 amide bonds. The van der Waals surface area contributed by atoms with Crippen LogP contribution in [0.5, 0.6) is 5.88 Å². The zero-order valence-corrected chi connectivity index (χ0v) is 12.2. The number of carbonyl (C=O) groups is 1. The summed E-state index contributed by atoms with van der Waals surface area (Å²) >= 11 is 3.18. The lowest BCUT2D eigenvalue weighted by Gasteiger charge is -2.00. The summed E-state index contributed by atoms with van der Waals surface area (Å²) < 4.78 is 19.1. The first-order valence-corrected chi connectivity index (χ1v) is 6.57. The second-order valence-corrected chi connectivity index (χ2v) is 4.87. The third-order valence-electron chi connectivity index (χ3n) is 2.61. The Balaban J connectivity index is 2.15. The number of aromatic nitrogens is 1. The number of hydrogen-bond donors (Lipinski definition) is 0. The van der Waals surface area contributed by atoms with Crippen molar-refractivity contribution >= 4 is 27.8 Å². The van der Waals surface area contributed by atoms with Gasteiger partial charge in [0.05, 0.1) is 7.11 Å². The molecule has 2 rings (SSSR count). The van der Waals surface area contributed by atoms with E-state index >= 15 is 0 Å². The van der Waals surface area contributed by atoms with Gasteiger partial charge in [0, 0.05) is 27.9 Å². The fraction of sp³-hybridized carbons (Fsp3) is 0.0667. The minimum Gasteiger partial charge on any atom is -0.481 e. The monoisotopic (exact) mass is 335 g/mol. The molecule has 5 heteroatoms. The SMILES string of the molecule is COc1ccc(C(=O)C=Cc2ccc(Br)cc2F)cn1. The summed E-state index contributed by atoms with van der Waals surface area (Å²) in [7, 11) is 1.50. The highest BCUT2D eigenvalue weighted by Crippen LogP contribution is 2.17. The Bertz CT molecular complexity index is 653. The van der Waals surface area contributed by atoms with Gasteiger partial charge in [0.2, 0.25) is 5.88 Å². The lowest BCUT2D eigenvalue weighted by atomic mass is 10.1. The summed E-state index contributed by atoms with van der Waals surface area (Å²) in [6.07, 6.45) is 4.17. The van der Waals surface area contributed by atoms with E-state index in [2.05, 4.69) is 20.9 Å². The van der Waals surface area contributed by atoms with E-state index in [9.17, 15) is 9.18 Å². The van der Waals surface area contributed by atoms with Crippen LogP contribution in [0.3, 0.4) is 0 Å². The Hall–Kier alpha value is -2.01. The second-order valence-electron chi connectivity index (χ2n) is 3.95. The van der Waals surface area contributed by atoms with Crippen LogP contribution in [0.2, 0.25) is 0 Å². The Morgan fingerprint density at radius 1 is 1.35 bits per heavy atom. The molecule has 0 atom stereocenters. The normalized spacial score (nSPS) is 10.8.